The van der Waals surface area contributed by atoms with Crippen molar-refractivity contribution in [2.75, 3.05) is 14.2 Å². The molecule has 0 spiro atoms. The van der Waals surface area contributed by atoms with Gasteiger partial charge in [-0.05, 0) is 44.6 Å². The highest BCUT2D eigenvalue weighted by Gasteiger charge is 2.34. The summed E-state index contributed by atoms with van der Waals surface area (Å²) in [4.78, 5) is 25.0. The minimum atomic E-state index is -1.01. The number of halogens is 2. The molecule has 0 unspecified atom stereocenters. The van der Waals surface area contributed by atoms with Crippen LogP contribution in [0.3, 0.4) is 0 Å². The Morgan fingerprint density at radius 3 is 2.34 bits per heavy atom. The molecule has 2 aliphatic rings. The van der Waals surface area contributed by atoms with Crippen molar-refractivity contribution in [3.63, 3.8) is 0 Å². The molecule has 38 heavy (non-hydrogen) atoms. The first-order chi connectivity index (χ1) is 18.4. The summed E-state index contributed by atoms with van der Waals surface area (Å²) >= 11 is 0. The number of carbonyl (C=O) groups excluding carboxylic acids is 1. The van der Waals surface area contributed by atoms with Gasteiger partial charge in [-0.15, -0.1) is 0 Å². The second-order valence-corrected chi connectivity index (χ2v) is 10.2. The number of methoxy groups -OCH3 is 2. The number of aromatic nitrogens is 3. The molecule has 1 N–H and O–H groups in total. The van der Waals surface area contributed by atoms with Gasteiger partial charge in [-0.2, -0.15) is 4.98 Å². The fourth-order valence-corrected chi connectivity index (χ4v) is 5.97. The number of benzene rings is 1. The van der Waals surface area contributed by atoms with E-state index in [2.05, 4.69) is 9.97 Å². The van der Waals surface area contributed by atoms with E-state index in [1.165, 1.54) is 14.2 Å². The van der Waals surface area contributed by atoms with Gasteiger partial charge in [0.25, 0.3) is 0 Å². The number of pyridine rings is 1. The number of fused-ring (bicyclic) bond motifs is 1. The molecule has 0 bridgehead atoms. The van der Waals surface area contributed by atoms with Crippen molar-refractivity contribution in [3.05, 3.63) is 35.9 Å². The Kier molecular flexibility index (Phi) is 7.78. The molecule has 204 valence electrons. The molecule has 0 atom stereocenters. The average molecular weight is 529 g/mol. The van der Waals surface area contributed by atoms with E-state index in [4.69, 9.17) is 9.47 Å². The Hall–Kier alpha value is -3.27. The SMILES string of the molecule is COc1ccc(-c2nc3cc(F)c(F)cc3n2CC(=O)N(C2CCCCC2)C2CCC(O)CC2)c(OC)n1. The van der Waals surface area contributed by atoms with E-state index in [1.807, 2.05) is 4.90 Å². The molecule has 2 fully saturated rings. The van der Waals surface area contributed by atoms with Crippen molar-refractivity contribution < 1.29 is 28.2 Å². The lowest BCUT2D eigenvalue weighted by Gasteiger charge is -2.42. The standard InChI is InChI=1S/C28H34F2N4O4/c1-37-25-13-12-20(28(32-25)38-2)27-31-23-14-21(29)22(30)15-24(23)33(27)16-26(36)34(17-6-4-3-5-7-17)18-8-10-19(35)11-9-18/h12-15,17-19,35H,3-11,16H2,1-2H3. The molecule has 2 aliphatic carbocycles. The van der Waals surface area contributed by atoms with Crippen LogP contribution in [-0.2, 0) is 11.3 Å². The zero-order valence-electron chi connectivity index (χ0n) is 21.8. The van der Waals surface area contributed by atoms with Crippen molar-refractivity contribution in [3.8, 4) is 23.1 Å². The molecule has 0 saturated heterocycles. The predicted molar refractivity (Wildman–Crippen MR) is 138 cm³/mol. The van der Waals surface area contributed by atoms with Gasteiger partial charge in [0.1, 0.15) is 12.4 Å². The summed E-state index contributed by atoms with van der Waals surface area (Å²) in [6.07, 6.45) is 7.69. The maximum absolute atomic E-state index is 14.4. The molecule has 2 aromatic heterocycles. The summed E-state index contributed by atoms with van der Waals surface area (Å²) in [5, 5.41) is 10.1. The van der Waals surface area contributed by atoms with Crippen molar-refractivity contribution >= 4 is 16.9 Å². The molecule has 2 heterocycles. The average Bonchev–Trinajstić information content (AvgIpc) is 3.26. The lowest BCUT2D eigenvalue weighted by Crippen LogP contribution is -2.50. The lowest BCUT2D eigenvalue weighted by molar-refractivity contribution is -0.139. The van der Waals surface area contributed by atoms with Crippen LogP contribution in [0.1, 0.15) is 57.8 Å². The Balaban J connectivity index is 1.58. The minimum Gasteiger partial charge on any atom is -0.481 e. The molecule has 2 saturated carbocycles. The lowest BCUT2D eigenvalue weighted by atomic mass is 9.87. The number of carbonyl (C=O) groups is 1. The fourth-order valence-electron chi connectivity index (χ4n) is 5.97. The maximum atomic E-state index is 14.4. The molecule has 8 nitrogen and oxygen atoms in total. The quantitative estimate of drug-likeness (QED) is 0.471. The van der Waals surface area contributed by atoms with Gasteiger partial charge in [0.2, 0.25) is 17.7 Å². The van der Waals surface area contributed by atoms with E-state index >= 15 is 0 Å². The third kappa shape index (κ3) is 5.18. The first-order valence-electron chi connectivity index (χ1n) is 13.3. The normalized spacial score (nSPS) is 20.4. The highest BCUT2D eigenvalue weighted by atomic mass is 19.2. The Bertz CT molecular complexity index is 1300. The van der Waals surface area contributed by atoms with Crippen LogP contribution in [0.5, 0.6) is 11.8 Å². The second-order valence-electron chi connectivity index (χ2n) is 10.2. The summed E-state index contributed by atoms with van der Waals surface area (Å²) in [7, 11) is 2.95. The highest BCUT2D eigenvalue weighted by molar-refractivity contribution is 5.85. The van der Waals surface area contributed by atoms with E-state index in [1.54, 1.807) is 16.7 Å². The Labute approximate surface area is 220 Å². The van der Waals surface area contributed by atoms with E-state index < -0.39 is 11.6 Å². The molecule has 0 aliphatic heterocycles. The fraction of sp³-hybridized carbons (Fsp3) is 0.536. The molecule has 3 aromatic rings. The minimum absolute atomic E-state index is 0.0404. The van der Waals surface area contributed by atoms with Crippen molar-refractivity contribution in [2.45, 2.75) is 82.5 Å². The number of nitrogens with zero attached hydrogens (tertiary/aromatic N) is 4. The van der Waals surface area contributed by atoms with Crippen molar-refractivity contribution in [2.24, 2.45) is 0 Å². The number of rotatable bonds is 7. The van der Waals surface area contributed by atoms with Crippen molar-refractivity contribution in [1.29, 1.82) is 0 Å². The first-order valence-corrected chi connectivity index (χ1v) is 13.3. The van der Waals surface area contributed by atoms with E-state index in [-0.39, 0.29) is 42.0 Å². The van der Waals surface area contributed by atoms with Gasteiger partial charge in [-0.1, -0.05) is 19.3 Å². The third-order valence-electron chi connectivity index (χ3n) is 7.88. The van der Waals surface area contributed by atoms with Crippen LogP contribution in [0.15, 0.2) is 24.3 Å². The van der Waals surface area contributed by atoms with Crippen molar-refractivity contribution in [1.82, 2.24) is 19.4 Å². The number of ether oxygens (including phenoxy) is 2. The molecule has 0 radical (unpaired) electrons. The number of aliphatic hydroxyl groups excluding tert-OH is 1. The van der Waals surface area contributed by atoms with E-state index in [9.17, 15) is 18.7 Å². The van der Waals surface area contributed by atoms with Gasteiger partial charge in [-0.25, -0.2) is 13.8 Å². The Morgan fingerprint density at radius 1 is 0.974 bits per heavy atom. The van der Waals surface area contributed by atoms with Gasteiger partial charge in [0.05, 0.1) is 36.9 Å². The zero-order chi connectivity index (χ0) is 26.8. The largest absolute Gasteiger partial charge is 0.481 e. The topological polar surface area (TPSA) is 89.7 Å². The van der Waals surface area contributed by atoms with E-state index in [0.29, 0.717) is 35.6 Å². The van der Waals surface area contributed by atoms with Gasteiger partial charge >= 0.3 is 0 Å². The molecular weight excluding hydrogens is 494 g/mol. The molecule has 1 aromatic carbocycles. The number of hydrogen-bond acceptors (Lipinski definition) is 6. The summed E-state index contributed by atoms with van der Waals surface area (Å²) in [6, 6.07) is 5.65. The smallest absolute Gasteiger partial charge is 0.243 e. The zero-order valence-corrected chi connectivity index (χ0v) is 21.8. The molecule has 10 heteroatoms. The van der Waals surface area contributed by atoms with Crippen LogP contribution in [0.4, 0.5) is 8.78 Å². The van der Waals surface area contributed by atoms with Crippen LogP contribution in [-0.4, -0.2) is 62.9 Å². The summed E-state index contributed by atoms with van der Waals surface area (Å²) in [6.45, 7) is -0.0956. The first kappa shape index (κ1) is 26.3. The number of hydrogen-bond donors (Lipinski definition) is 1. The van der Waals surface area contributed by atoms with Crippen LogP contribution in [0.2, 0.25) is 0 Å². The van der Waals surface area contributed by atoms with E-state index in [0.717, 1.165) is 57.1 Å². The number of aliphatic hydroxyl groups is 1. The van der Waals surface area contributed by atoms with Crippen LogP contribution in [0, 0.1) is 11.6 Å². The number of imidazole rings is 1. The maximum Gasteiger partial charge on any atom is 0.243 e. The van der Waals surface area contributed by atoms with Crippen LogP contribution < -0.4 is 9.47 Å². The second kappa shape index (κ2) is 11.2. The predicted octanol–water partition coefficient (Wildman–Crippen LogP) is 4.86. The molecule has 5 rings (SSSR count). The van der Waals surface area contributed by atoms with Crippen LogP contribution in [0.25, 0.3) is 22.4 Å². The monoisotopic (exact) mass is 528 g/mol. The summed E-state index contributed by atoms with van der Waals surface area (Å²) < 4.78 is 40.9. The van der Waals surface area contributed by atoms with Gasteiger partial charge < -0.3 is 24.0 Å². The molecular formula is C28H34F2N4O4. The Morgan fingerprint density at radius 2 is 1.66 bits per heavy atom. The van der Waals surface area contributed by atoms with Crippen LogP contribution >= 0.6 is 0 Å². The molecule has 1 amide bonds. The third-order valence-corrected chi connectivity index (χ3v) is 7.88. The highest BCUT2D eigenvalue weighted by Crippen LogP contribution is 2.35. The summed E-state index contributed by atoms with van der Waals surface area (Å²) in [5.41, 5.74) is 1.02. The van der Waals surface area contributed by atoms with Gasteiger partial charge in [0.15, 0.2) is 11.6 Å². The van der Waals surface area contributed by atoms with Gasteiger partial charge in [0, 0.05) is 30.3 Å². The summed E-state index contributed by atoms with van der Waals surface area (Å²) in [5.74, 6) is -1.23. The van der Waals surface area contributed by atoms with Gasteiger partial charge in [-0.3, -0.25) is 4.79 Å². The number of amides is 1.